The van der Waals surface area contributed by atoms with Crippen LogP contribution in [0.25, 0.3) is 10.9 Å². The average molecular weight is 326 g/mol. The van der Waals surface area contributed by atoms with E-state index in [-0.39, 0.29) is 5.56 Å². The quantitative estimate of drug-likeness (QED) is 0.914. The van der Waals surface area contributed by atoms with Gasteiger partial charge in [0.25, 0.3) is 5.56 Å². The molecule has 0 radical (unpaired) electrons. The molecule has 1 atom stereocenters. The number of hydrogen-bond acceptors (Lipinski definition) is 4. The third-order valence-electron chi connectivity index (χ3n) is 5.56. The molecule has 3 heterocycles. The van der Waals surface area contributed by atoms with E-state index < -0.39 is 0 Å². The molecule has 4 rings (SSSR count). The van der Waals surface area contributed by atoms with Crippen LogP contribution in [0.1, 0.15) is 12.0 Å². The zero-order chi connectivity index (χ0) is 16.5. The fourth-order valence-electron chi connectivity index (χ4n) is 4.08. The predicted octanol–water partition coefficient (Wildman–Crippen LogP) is 1.02. The third kappa shape index (κ3) is 2.99. The molecule has 2 saturated heterocycles. The second-order valence-corrected chi connectivity index (χ2v) is 7.05. The van der Waals surface area contributed by atoms with Crippen molar-refractivity contribution in [3.63, 3.8) is 0 Å². The molecule has 0 bridgehead atoms. The molecule has 5 heteroatoms. The predicted molar refractivity (Wildman–Crippen MR) is 97.3 cm³/mol. The van der Waals surface area contributed by atoms with Crippen LogP contribution in [0.3, 0.4) is 0 Å². The number of aryl methyl sites for hydroxylation is 1. The van der Waals surface area contributed by atoms with Gasteiger partial charge < -0.3 is 9.88 Å². The summed E-state index contributed by atoms with van der Waals surface area (Å²) in [6.07, 6.45) is 1.27. The smallest absolute Gasteiger partial charge is 0.255 e. The van der Waals surface area contributed by atoms with E-state index in [2.05, 4.69) is 27.2 Å². The van der Waals surface area contributed by atoms with E-state index in [1.807, 2.05) is 25.2 Å². The second-order valence-electron chi connectivity index (χ2n) is 7.05. The first-order valence-electron chi connectivity index (χ1n) is 8.97. The van der Waals surface area contributed by atoms with Crippen LogP contribution in [-0.4, -0.2) is 59.7 Å². The maximum atomic E-state index is 12.6. The molecule has 0 aliphatic carbocycles. The molecule has 2 aliphatic rings. The summed E-state index contributed by atoms with van der Waals surface area (Å²) in [6.45, 7) is 7.36. The molecule has 24 heavy (non-hydrogen) atoms. The highest BCUT2D eigenvalue weighted by molar-refractivity contribution is 5.79. The third-order valence-corrected chi connectivity index (χ3v) is 5.56. The van der Waals surface area contributed by atoms with Gasteiger partial charge in [0.2, 0.25) is 0 Å². The summed E-state index contributed by atoms with van der Waals surface area (Å²) in [5.74, 6) is 0. The number of benzene rings is 1. The highest BCUT2D eigenvalue weighted by atomic mass is 16.1. The van der Waals surface area contributed by atoms with Gasteiger partial charge in [-0.25, -0.2) is 0 Å². The summed E-state index contributed by atoms with van der Waals surface area (Å²) in [7, 11) is 1.87. The fraction of sp³-hybridized carbons (Fsp3) is 0.526. The topological polar surface area (TPSA) is 40.5 Å². The summed E-state index contributed by atoms with van der Waals surface area (Å²) < 4.78 is 1.78. The van der Waals surface area contributed by atoms with Gasteiger partial charge in [0.15, 0.2) is 0 Å². The molecule has 1 N–H and O–H groups in total. The van der Waals surface area contributed by atoms with Crippen molar-refractivity contribution in [1.82, 2.24) is 19.7 Å². The number of piperazine rings is 1. The molecule has 1 aromatic heterocycles. The monoisotopic (exact) mass is 326 g/mol. The van der Waals surface area contributed by atoms with Gasteiger partial charge in [-0.1, -0.05) is 18.2 Å². The maximum Gasteiger partial charge on any atom is 0.255 e. The van der Waals surface area contributed by atoms with E-state index in [1.165, 1.54) is 6.42 Å². The average Bonchev–Trinajstić information content (AvgIpc) is 3.15. The van der Waals surface area contributed by atoms with Gasteiger partial charge >= 0.3 is 0 Å². The van der Waals surface area contributed by atoms with Crippen LogP contribution in [0.2, 0.25) is 0 Å². The molecular formula is C19H26N4O. The van der Waals surface area contributed by atoms with Crippen LogP contribution in [0, 0.1) is 0 Å². The summed E-state index contributed by atoms with van der Waals surface area (Å²) in [6, 6.07) is 10.9. The Morgan fingerprint density at radius 2 is 1.96 bits per heavy atom. The van der Waals surface area contributed by atoms with Crippen molar-refractivity contribution in [3.05, 3.63) is 46.2 Å². The minimum absolute atomic E-state index is 0.135. The maximum absolute atomic E-state index is 12.6. The van der Waals surface area contributed by atoms with Crippen molar-refractivity contribution in [2.75, 3.05) is 39.3 Å². The number of rotatable bonds is 3. The van der Waals surface area contributed by atoms with Crippen LogP contribution in [0.5, 0.6) is 0 Å². The van der Waals surface area contributed by atoms with Crippen molar-refractivity contribution < 1.29 is 0 Å². The summed E-state index contributed by atoms with van der Waals surface area (Å²) in [5, 5.41) is 4.60. The van der Waals surface area contributed by atoms with Crippen molar-refractivity contribution in [2.45, 2.75) is 19.0 Å². The van der Waals surface area contributed by atoms with Crippen LogP contribution >= 0.6 is 0 Å². The van der Waals surface area contributed by atoms with Crippen LogP contribution in [0.15, 0.2) is 35.1 Å². The first kappa shape index (κ1) is 15.8. The Hall–Kier alpha value is -1.69. The zero-order valence-corrected chi connectivity index (χ0v) is 14.4. The number of nitrogens with zero attached hydrogens (tertiary/aromatic N) is 3. The van der Waals surface area contributed by atoms with Crippen molar-refractivity contribution in [1.29, 1.82) is 0 Å². The normalized spacial score (nSPS) is 23.1. The van der Waals surface area contributed by atoms with Crippen molar-refractivity contribution >= 4 is 10.9 Å². The van der Waals surface area contributed by atoms with Gasteiger partial charge in [0.1, 0.15) is 0 Å². The summed E-state index contributed by atoms with van der Waals surface area (Å²) >= 11 is 0. The molecule has 1 aromatic carbocycles. The first-order valence-corrected chi connectivity index (χ1v) is 8.97. The highest BCUT2D eigenvalue weighted by Gasteiger charge is 2.26. The van der Waals surface area contributed by atoms with E-state index in [0.29, 0.717) is 6.04 Å². The van der Waals surface area contributed by atoms with Crippen LogP contribution < -0.4 is 10.9 Å². The number of para-hydroxylation sites is 1. The first-order chi connectivity index (χ1) is 11.7. The van der Waals surface area contributed by atoms with Crippen LogP contribution in [0.4, 0.5) is 0 Å². The van der Waals surface area contributed by atoms with Gasteiger partial charge in [-0.05, 0) is 30.5 Å². The Kier molecular flexibility index (Phi) is 4.39. The van der Waals surface area contributed by atoms with Gasteiger partial charge in [0, 0.05) is 57.9 Å². The number of nitrogens with one attached hydrogen (secondary N) is 1. The standard InChI is InChI=1S/C19H26N4O/c1-21-18-5-3-2-4-15(18)12-16(19(21)24)14-22-8-10-23(11-9-22)17-6-7-20-13-17/h2-5,12,17,20H,6-11,13-14H2,1H3/t17-/m1/s1. The molecule has 0 saturated carbocycles. The van der Waals surface area contributed by atoms with E-state index in [4.69, 9.17) is 0 Å². The number of pyridine rings is 1. The Morgan fingerprint density at radius 1 is 1.17 bits per heavy atom. The molecule has 128 valence electrons. The SMILES string of the molecule is Cn1c(=O)c(CN2CCN([C@@H]3CCNC3)CC2)cc2ccccc21. The highest BCUT2D eigenvalue weighted by Crippen LogP contribution is 2.16. The molecule has 0 unspecified atom stereocenters. The number of aromatic nitrogens is 1. The molecule has 2 aliphatic heterocycles. The Morgan fingerprint density at radius 3 is 2.71 bits per heavy atom. The van der Waals surface area contributed by atoms with Gasteiger partial charge in [-0.2, -0.15) is 0 Å². The lowest BCUT2D eigenvalue weighted by atomic mass is 10.1. The molecule has 0 amide bonds. The Balaban J connectivity index is 1.47. The largest absolute Gasteiger partial charge is 0.315 e. The van der Waals surface area contributed by atoms with E-state index in [1.54, 1.807) is 4.57 Å². The lowest BCUT2D eigenvalue weighted by Gasteiger charge is -2.37. The summed E-state index contributed by atoms with van der Waals surface area (Å²) in [5.41, 5.74) is 2.05. The minimum atomic E-state index is 0.135. The minimum Gasteiger partial charge on any atom is -0.315 e. The lowest BCUT2D eigenvalue weighted by molar-refractivity contribution is 0.0978. The van der Waals surface area contributed by atoms with Gasteiger partial charge in [0.05, 0.1) is 5.52 Å². The molecular weight excluding hydrogens is 300 g/mol. The Bertz CT molecular complexity index is 771. The molecule has 5 nitrogen and oxygen atoms in total. The lowest BCUT2D eigenvalue weighted by Crippen LogP contribution is -2.50. The van der Waals surface area contributed by atoms with Crippen LogP contribution in [-0.2, 0) is 13.6 Å². The van der Waals surface area contributed by atoms with Crippen molar-refractivity contribution in [3.8, 4) is 0 Å². The fourth-order valence-corrected chi connectivity index (χ4v) is 4.08. The molecule has 2 aromatic rings. The van der Waals surface area contributed by atoms with E-state index in [9.17, 15) is 4.79 Å². The molecule has 0 spiro atoms. The number of hydrogen-bond donors (Lipinski definition) is 1. The molecule has 2 fully saturated rings. The zero-order valence-electron chi connectivity index (χ0n) is 14.4. The Labute approximate surface area is 142 Å². The summed E-state index contributed by atoms with van der Waals surface area (Å²) in [4.78, 5) is 17.7. The van der Waals surface area contributed by atoms with E-state index in [0.717, 1.165) is 62.3 Å². The second kappa shape index (κ2) is 6.67. The van der Waals surface area contributed by atoms with Gasteiger partial charge in [-0.3, -0.25) is 14.6 Å². The number of fused-ring (bicyclic) bond motifs is 1. The van der Waals surface area contributed by atoms with E-state index >= 15 is 0 Å². The van der Waals surface area contributed by atoms with Gasteiger partial charge in [-0.15, -0.1) is 0 Å². The van der Waals surface area contributed by atoms with Crippen molar-refractivity contribution in [2.24, 2.45) is 7.05 Å².